The standard InChI is InChI=1S/C27H28N4O3S/c1-18-7-5-6-13-30(18)17-21-16-28-27(35-21)29-24(32)20-10-11-22-23(15-20)26(34)31(25(22)33)14-12-19-8-3-2-4-9-19/h2-4,8-11,15-16,18H,5-7,12-14,17H2,1H3,(H,28,29,32). The van der Waals surface area contributed by atoms with E-state index in [1.54, 1.807) is 12.1 Å². The first-order valence-corrected chi connectivity index (χ1v) is 12.9. The first kappa shape index (κ1) is 23.4. The number of carbonyl (C=O) groups is 3. The van der Waals surface area contributed by atoms with Crippen molar-refractivity contribution in [1.29, 1.82) is 0 Å². The lowest BCUT2D eigenvalue weighted by molar-refractivity contribution is 0.0656. The van der Waals surface area contributed by atoms with E-state index < -0.39 is 0 Å². The molecule has 7 nitrogen and oxygen atoms in total. The molecule has 3 heterocycles. The maximum Gasteiger partial charge on any atom is 0.261 e. The molecule has 0 saturated carbocycles. The van der Waals surface area contributed by atoms with Gasteiger partial charge >= 0.3 is 0 Å². The number of carbonyl (C=O) groups excluding carboxylic acids is 3. The number of imide groups is 1. The van der Waals surface area contributed by atoms with Crippen LogP contribution in [0.2, 0.25) is 0 Å². The number of nitrogens with zero attached hydrogens (tertiary/aromatic N) is 3. The fourth-order valence-electron chi connectivity index (χ4n) is 4.72. The number of hydrogen-bond donors (Lipinski definition) is 1. The minimum Gasteiger partial charge on any atom is -0.298 e. The predicted molar refractivity (Wildman–Crippen MR) is 136 cm³/mol. The van der Waals surface area contributed by atoms with Gasteiger partial charge in [-0.1, -0.05) is 36.8 Å². The van der Waals surface area contributed by atoms with E-state index in [1.165, 1.54) is 41.6 Å². The summed E-state index contributed by atoms with van der Waals surface area (Å²) in [5.74, 6) is -1.02. The number of rotatable bonds is 7. The smallest absolute Gasteiger partial charge is 0.261 e. The molecule has 0 bridgehead atoms. The van der Waals surface area contributed by atoms with E-state index in [-0.39, 0.29) is 23.3 Å². The van der Waals surface area contributed by atoms with Crippen molar-refractivity contribution in [1.82, 2.24) is 14.8 Å². The van der Waals surface area contributed by atoms with Gasteiger partial charge in [0, 0.05) is 35.8 Å². The van der Waals surface area contributed by atoms with Crippen molar-refractivity contribution in [2.75, 3.05) is 18.4 Å². The number of amides is 3. The Bertz CT molecular complexity index is 1260. The zero-order chi connectivity index (χ0) is 24.4. The molecule has 2 aromatic carbocycles. The maximum atomic E-state index is 12.9. The van der Waals surface area contributed by atoms with E-state index in [0.717, 1.165) is 23.5 Å². The van der Waals surface area contributed by atoms with Gasteiger partial charge in [0.15, 0.2) is 5.13 Å². The summed E-state index contributed by atoms with van der Waals surface area (Å²) in [4.78, 5) is 47.8. The van der Waals surface area contributed by atoms with Crippen LogP contribution in [-0.4, -0.2) is 51.6 Å². The van der Waals surface area contributed by atoms with Crippen LogP contribution in [-0.2, 0) is 13.0 Å². The number of likely N-dealkylation sites (tertiary alicyclic amines) is 1. The van der Waals surface area contributed by atoms with Gasteiger partial charge in [-0.2, -0.15) is 0 Å². The quantitative estimate of drug-likeness (QED) is 0.491. The van der Waals surface area contributed by atoms with Crippen molar-refractivity contribution in [3.63, 3.8) is 0 Å². The van der Waals surface area contributed by atoms with E-state index in [4.69, 9.17) is 0 Å². The molecular formula is C27H28N4O3S. The predicted octanol–water partition coefficient (Wildman–Crippen LogP) is 4.61. The zero-order valence-corrected chi connectivity index (χ0v) is 20.5. The summed E-state index contributed by atoms with van der Waals surface area (Å²) in [5.41, 5.74) is 2.00. The zero-order valence-electron chi connectivity index (χ0n) is 19.7. The molecule has 5 rings (SSSR count). The van der Waals surface area contributed by atoms with Gasteiger partial charge in [0.05, 0.1) is 11.1 Å². The Labute approximate surface area is 208 Å². The monoisotopic (exact) mass is 488 g/mol. The lowest BCUT2D eigenvalue weighted by Crippen LogP contribution is -2.36. The summed E-state index contributed by atoms with van der Waals surface area (Å²) >= 11 is 1.47. The van der Waals surface area contributed by atoms with Crippen LogP contribution in [0.1, 0.15) is 67.7 Å². The second kappa shape index (κ2) is 10.1. The molecule has 0 aliphatic carbocycles. The number of hydrogen-bond acceptors (Lipinski definition) is 6. The number of anilines is 1. The Hall–Kier alpha value is -3.36. The van der Waals surface area contributed by atoms with E-state index in [0.29, 0.717) is 35.3 Å². The largest absolute Gasteiger partial charge is 0.298 e. The molecular weight excluding hydrogens is 460 g/mol. The Balaban J connectivity index is 1.23. The van der Waals surface area contributed by atoms with Gasteiger partial charge in [-0.3, -0.25) is 29.5 Å². The average Bonchev–Trinajstić information content (AvgIpc) is 3.41. The molecule has 0 radical (unpaired) electrons. The molecule has 1 aromatic heterocycles. The molecule has 35 heavy (non-hydrogen) atoms. The van der Waals surface area contributed by atoms with Crippen molar-refractivity contribution in [3.8, 4) is 0 Å². The van der Waals surface area contributed by atoms with Gasteiger partial charge < -0.3 is 0 Å². The Morgan fingerprint density at radius 1 is 1.09 bits per heavy atom. The summed E-state index contributed by atoms with van der Waals surface area (Å²) in [7, 11) is 0. The number of fused-ring (bicyclic) bond motifs is 1. The van der Waals surface area contributed by atoms with E-state index in [9.17, 15) is 14.4 Å². The SMILES string of the molecule is CC1CCCCN1Cc1cnc(NC(=O)c2ccc3c(c2)C(=O)N(CCc2ccccc2)C3=O)s1. The molecule has 2 aliphatic rings. The first-order valence-electron chi connectivity index (χ1n) is 12.0. The normalized spacial score (nSPS) is 18.1. The highest BCUT2D eigenvalue weighted by Crippen LogP contribution is 2.27. The van der Waals surface area contributed by atoms with Crippen LogP contribution in [0, 0.1) is 0 Å². The summed E-state index contributed by atoms with van der Waals surface area (Å²) in [6, 6.07) is 15.0. The summed E-state index contributed by atoms with van der Waals surface area (Å²) in [6.45, 7) is 4.48. The van der Waals surface area contributed by atoms with E-state index in [2.05, 4.69) is 22.1 Å². The van der Waals surface area contributed by atoms with Crippen LogP contribution >= 0.6 is 11.3 Å². The lowest BCUT2D eigenvalue weighted by atomic mass is 10.0. The Kier molecular flexibility index (Phi) is 6.74. The van der Waals surface area contributed by atoms with Gasteiger partial charge in [-0.15, -0.1) is 11.3 Å². The molecule has 1 atom stereocenters. The average molecular weight is 489 g/mol. The number of aromatic nitrogens is 1. The Morgan fingerprint density at radius 2 is 1.89 bits per heavy atom. The minimum absolute atomic E-state index is 0.273. The molecule has 1 fully saturated rings. The van der Waals surface area contributed by atoms with Gasteiger partial charge in [-0.25, -0.2) is 4.98 Å². The topological polar surface area (TPSA) is 82.6 Å². The Morgan fingerprint density at radius 3 is 2.69 bits per heavy atom. The summed E-state index contributed by atoms with van der Waals surface area (Å²) < 4.78 is 0. The van der Waals surface area contributed by atoms with Crippen LogP contribution in [0.5, 0.6) is 0 Å². The summed E-state index contributed by atoms with van der Waals surface area (Å²) in [5, 5.41) is 3.37. The number of benzene rings is 2. The summed E-state index contributed by atoms with van der Waals surface area (Å²) in [6.07, 6.45) is 6.11. The van der Waals surface area contributed by atoms with Crippen molar-refractivity contribution < 1.29 is 14.4 Å². The highest BCUT2D eigenvalue weighted by Gasteiger charge is 2.35. The van der Waals surface area contributed by atoms with Crippen LogP contribution in [0.25, 0.3) is 0 Å². The third-order valence-corrected chi connectivity index (χ3v) is 7.67. The number of piperidine rings is 1. The second-order valence-corrected chi connectivity index (χ2v) is 10.3. The first-order chi connectivity index (χ1) is 17.0. The van der Waals surface area contributed by atoms with Gasteiger partial charge in [-0.05, 0) is 56.5 Å². The van der Waals surface area contributed by atoms with Gasteiger partial charge in [0.2, 0.25) is 0 Å². The van der Waals surface area contributed by atoms with Gasteiger partial charge in [0.25, 0.3) is 17.7 Å². The molecule has 1 unspecified atom stereocenters. The van der Waals surface area contributed by atoms with Crippen LogP contribution in [0.3, 0.4) is 0 Å². The molecule has 180 valence electrons. The third kappa shape index (κ3) is 5.04. The highest BCUT2D eigenvalue weighted by atomic mass is 32.1. The molecule has 1 N–H and O–H groups in total. The molecule has 3 amide bonds. The molecule has 8 heteroatoms. The second-order valence-electron chi connectivity index (χ2n) is 9.16. The molecule has 1 saturated heterocycles. The van der Waals surface area contributed by atoms with E-state index in [1.807, 2.05) is 36.5 Å². The van der Waals surface area contributed by atoms with Crippen LogP contribution < -0.4 is 5.32 Å². The molecule has 3 aromatic rings. The fourth-order valence-corrected chi connectivity index (χ4v) is 5.55. The van der Waals surface area contributed by atoms with Crippen LogP contribution in [0.15, 0.2) is 54.7 Å². The number of thiazole rings is 1. The lowest BCUT2D eigenvalue weighted by Gasteiger charge is -2.32. The maximum absolute atomic E-state index is 12.9. The van der Waals surface area contributed by atoms with Gasteiger partial charge in [0.1, 0.15) is 0 Å². The van der Waals surface area contributed by atoms with Crippen molar-refractivity contribution in [2.24, 2.45) is 0 Å². The highest BCUT2D eigenvalue weighted by molar-refractivity contribution is 7.15. The third-order valence-electron chi connectivity index (χ3n) is 6.77. The molecule has 2 aliphatic heterocycles. The van der Waals surface area contributed by atoms with Crippen LogP contribution in [0.4, 0.5) is 5.13 Å². The van der Waals surface area contributed by atoms with Crippen molar-refractivity contribution in [2.45, 2.75) is 45.2 Å². The fraction of sp³-hybridized carbons (Fsp3) is 0.333. The van der Waals surface area contributed by atoms with Crippen molar-refractivity contribution >= 4 is 34.2 Å². The molecule has 0 spiro atoms. The van der Waals surface area contributed by atoms with E-state index >= 15 is 0 Å². The minimum atomic E-state index is -0.359. The van der Waals surface area contributed by atoms with Crippen molar-refractivity contribution in [3.05, 3.63) is 81.9 Å². The number of nitrogens with one attached hydrogen (secondary N) is 1.